The molecule has 1 aromatic rings. The van der Waals surface area contributed by atoms with E-state index < -0.39 is 0 Å². The lowest BCUT2D eigenvalue weighted by atomic mass is 9.99. The summed E-state index contributed by atoms with van der Waals surface area (Å²) in [5.41, 5.74) is 0.968. The molecule has 2 aliphatic rings. The lowest BCUT2D eigenvalue weighted by Crippen LogP contribution is -2.49. The van der Waals surface area contributed by atoms with Gasteiger partial charge in [-0.3, -0.25) is 0 Å². The summed E-state index contributed by atoms with van der Waals surface area (Å²) in [6, 6.07) is 9.24. The van der Waals surface area contributed by atoms with Crippen LogP contribution < -0.4 is 5.32 Å². The summed E-state index contributed by atoms with van der Waals surface area (Å²) in [6.45, 7) is 2.07. The molecule has 0 amide bonds. The highest BCUT2D eigenvalue weighted by Gasteiger charge is 2.28. The molecule has 0 aromatic heterocycles. The number of benzene rings is 1. The second-order valence-electron chi connectivity index (χ2n) is 7.47. The van der Waals surface area contributed by atoms with Crippen LogP contribution in [0.4, 0.5) is 5.69 Å². The van der Waals surface area contributed by atoms with Crippen LogP contribution in [0.1, 0.15) is 51.4 Å². The monoisotopic (exact) mass is 379 g/mol. The van der Waals surface area contributed by atoms with Crippen molar-refractivity contribution in [3.63, 3.8) is 0 Å². The van der Waals surface area contributed by atoms with Crippen molar-refractivity contribution in [2.24, 2.45) is 0 Å². The number of likely N-dealkylation sites (tertiary alicyclic amines) is 1. The maximum Gasteiger partial charge on any atom is 0.173 e. The molecule has 0 bridgehead atoms. The van der Waals surface area contributed by atoms with Gasteiger partial charge in [0.1, 0.15) is 0 Å². The molecular weight excluding hydrogens is 350 g/mol. The molecule has 1 heterocycles. The van der Waals surface area contributed by atoms with Crippen LogP contribution in [0.25, 0.3) is 0 Å². The Hall–Kier alpha value is -0.840. The van der Waals surface area contributed by atoms with Crippen LogP contribution in [0, 0.1) is 0 Å². The summed E-state index contributed by atoms with van der Waals surface area (Å²) in [7, 11) is 2.35. The molecule has 1 saturated heterocycles. The third-order valence-corrected chi connectivity index (χ3v) is 6.40. The van der Waals surface area contributed by atoms with Crippen molar-refractivity contribution in [2.75, 3.05) is 25.5 Å². The molecule has 0 unspecified atom stereocenters. The Kier molecular flexibility index (Phi) is 6.97. The minimum absolute atomic E-state index is 0.702. The number of nitrogens with zero attached hydrogens (tertiary/aromatic N) is 2. The topological polar surface area (TPSA) is 18.5 Å². The smallest absolute Gasteiger partial charge is 0.173 e. The molecule has 5 heteroatoms. The molecule has 1 N–H and O–H groups in total. The zero-order chi connectivity index (χ0) is 17.6. The maximum absolute atomic E-state index is 6.05. The molecule has 0 atom stereocenters. The van der Waals surface area contributed by atoms with E-state index in [9.17, 15) is 0 Å². The van der Waals surface area contributed by atoms with Gasteiger partial charge >= 0.3 is 0 Å². The lowest BCUT2D eigenvalue weighted by Gasteiger charge is -2.41. The molecule has 138 valence electrons. The van der Waals surface area contributed by atoms with Gasteiger partial charge in [-0.25, -0.2) is 0 Å². The molecule has 0 radical (unpaired) electrons. The van der Waals surface area contributed by atoms with Crippen LogP contribution in [0.2, 0.25) is 5.02 Å². The highest BCUT2D eigenvalue weighted by molar-refractivity contribution is 7.80. The van der Waals surface area contributed by atoms with Gasteiger partial charge in [-0.2, -0.15) is 0 Å². The highest BCUT2D eigenvalue weighted by Crippen LogP contribution is 2.26. The van der Waals surface area contributed by atoms with Crippen molar-refractivity contribution in [1.82, 2.24) is 9.80 Å². The van der Waals surface area contributed by atoms with E-state index in [4.69, 9.17) is 23.8 Å². The van der Waals surface area contributed by atoms with Crippen LogP contribution in [0.15, 0.2) is 24.3 Å². The Morgan fingerprint density at radius 3 is 2.36 bits per heavy atom. The number of hydrogen-bond donors (Lipinski definition) is 1. The van der Waals surface area contributed by atoms with E-state index in [0.717, 1.165) is 35.0 Å². The Labute approximate surface area is 162 Å². The first-order valence-electron chi connectivity index (χ1n) is 9.67. The molecule has 0 spiro atoms. The van der Waals surface area contributed by atoms with E-state index >= 15 is 0 Å². The molecule has 1 aliphatic heterocycles. The molecular formula is C20H30ClN3S. The van der Waals surface area contributed by atoms with Gasteiger partial charge in [-0.05, 0) is 63.1 Å². The third kappa shape index (κ3) is 5.32. The van der Waals surface area contributed by atoms with Crippen LogP contribution in [-0.2, 0) is 0 Å². The van der Waals surface area contributed by atoms with E-state index in [0.29, 0.717) is 6.04 Å². The van der Waals surface area contributed by atoms with Crippen molar-refractivity contribution < 1.29 is 0 Å². The normalized spacial score (nSPS) is 20.5. The average Bonchev–Trinajstić information content (AvgIpc) is 2.90. The maximum atomic E-state index is 6.05. The van der Waals surface area contributed by atoms with Crippen molar-refractivity contribution >= 4 is 34.6 Å². The Bertz CT molecular complexity index is 564. The third-order valence-electron chi connectivity index (χ3n) is 5.80. The fraction of sp³-hybridized carbons (Fsp3) is 0.650. The number of hydrogen-bond acceptors (Lipinski definition) is 2. The predicted molar refractivity (Wildman–Crippen MR) is 112 cm³/mol. The molecule has 2 fully saturated rings. The standard InChI is InChI=1S/C20H30ClN3S/c1-23(18-9-4-2-3-5-10-18)19-11-13-24(14-12-19)20(25)22-17-8-6-7-16(21)15-17/h6-8,15,18-19H,2-5,9-14H2,1H3,(H,22,25). The zero-order valence-electron chi connectivity index (χ0n) is 15.2. The van der Waals surface area contributed by atoms with E-state index in [1.807, 2.05) is 24.3 Å². The SMILES string of the molecule is CN(C1CCCCCC1)C1CCN(C(=S)Nc2cccc(Cl)c2)CC1. The number of anilines is 1. The summed E-state index contributed by atoms with van der Waals surface area (Å²) >= 11 is 11.7. The molecule has 1 aromatic carbocycles. The first-order valence-corrected chi connectivity index (χ1v) is 10.5. The predicted octanol–water partition coefficient (Wildman–Crippen LogP) is 5.16. The van der Waals surface area contributed by atoms with Crippen molar-refractivity contribution in [3.8, 4) is 0 Å². The zero-order valence-corrected chi connectivity index (χ0v) is 16.8. The van der Waals surface area contributed by atoms with Gasteiger partial charge in [-0.1, -0.05) is 43.4 Å². The number of halogens is 1. The number of piperidine rings is 1. The van der Waals surface area contributed by atoms with Crippen molar-refractivity contribution in [3.05, 3.63) is 29.3 Å². The lowest BCUT2D eigenvalue weighted by molar-refractivity contribution is 0.111. The van der Waals surface area contributed by atoms with Gasteiger partial charge in [0, 0.05) is 35.9 Å². The van der Waals surface area contributed by atoms with Gasteiger partial charge < -0.3 is 15.1 Å². The van der Waals surface area contributed by atoms with Crippen LogP contribution in [0.5, 0.6) is 0 Å². The minimum atomic E-state index is 0.702. The quantitative estimate of drug-likeness (QED) is 0.577. The highest BCUT2D eigenvalue weighted by atomic mass is 35.5. The van der Waals surface area contributed by atoms with Crippen LogP contribution in [-0.4, -0.2) is 47.1 Å². The number of nitrogens with one attached hydrogen (secondary N) is 1. The fourth-order valence-corrected chi connectivity index (χ4v) is 4.70. The second kappa shape index (κ2) is 9.20. The van der Waals surface area contributed by atoms with E-state index in [-0.39, 0.29) is 0 Å². The van der Waals surface area contributed by atoms with Gasteiger partial charge in [0.15, 0.2) is 5.11 Å². The minimum Gasteiger partial charge on any atom is -0.349 e. The van der Waals surface area contributed by atoms with Crippen LogP contribution in [0.3, 0.4) is 0 Å². The summed E-state index contributed by atoms with van der Waals surface area (Å²) in [5.74, 6) is 0. The second-order valence-corrected chi connectivity index (χ2v) is 8.29. The summed E-state index contributed by atoms with van der Waals surface area (Å²) in [6.07, 6.45) is 10.8. The molecule has 25 heavy (non-hydrogen) atoms. The van der Waals surface area contributed by atoms with E-state index in [2.05, 4.69) is 22.2 Å². The van der Waals surface area contributed by atoms with Gasteiger partial charge in [-0.15, -0.1) is 0 Å². The van der Waals surface area contributed by atoms with E-state index in [1.54, 1.807) is 0 Å². The Morgan fingerprint density at radius 1 is 1.08 bits per heavy atom. The van der Waals surface area contributed by atoms with Gasteiger partial charge in [0.25, 0.3) is 0 Å². The summed E-state index contributed by atoms with van der Waals surface area (Å²) < 4.78 is 0. The fourth-order valence-electron chi connectivity index (χ4n) is 4.21. The van der Waals surface area contributed by atoms with Crippen molar-refractivity contribution in [1.29, 1.82) is 0 Å². The first kappa shape index (κ1) is 18.9. The largest absolute Gasteiger partial charge is 0.349 e. The van der Waals surface area contributed by atoms with E-state index in [1.165, 1.54) is 51.4 Å². The molecule has 1 aliphatic carbocycles. The Morgan fingerprint density at radius 2 is 1.72 bits per heavy atom. The molecule has 1 saturated carbocycles. The molecule has 3 nitrogen and oxygen atoms in total. The van der Waals surface area contributed by atoms with Gasteiger partial charge in [0.2, 0.25) is 0 Å². The van der Waals surface area contributed by atoms with Crippen LogP contribution >= 0.6 is 23.8 Å². The van der Waals surface area contributed by atoms with Gasteiger partial charge in [0.05, 0.1) is 0 Å². The summed E-state index contributed by atoms with van der Waals surface area (Å²) in [4.78, 5) is 4.98. The first-order chi connectivity index (χ1) is 12.1. The Balaban J connectivity index is 1.48. The average molecular weight is 380 g/mol. The number of rotatable bonds is 3. The van der Waals surface area contributed by atoms with Crippen molar-refractivity contribution in [2.45, 2.75) is 63.5 Å². The number of thiocarbonyl (C=S) groups is 1. The summed E-state index contributed by atoms with van der Waals surface area (Å²) in [5, 5.41) is 4.88. The molecule has 3 rings (SSSR count).